The molecular weight excluding hydrogens is 607 g/mol. The van der Waals surface area contributed by atoms with Crippen LogP contribution in [0.15, 0.2) is 42.5 Å². The van der Waals surface area contributed by atoms with Crippen molar-refractivity contribution in [2.24, 2.45) is 5.92 Å². The van der Waals surface area contributed by atoms with Crippen LogP contribution in [0.5, 0.6) is 0 Å². The highest BCUT2D eigenvalue weighted by molar-refractivity contribution is 8.00. The van der Waals surface area contributed by atoms with Gasteiger partial charge < -0.3 is 15.2 Å². The number of carboxylic acid groups (broad SMARTS) is 1. The largest absolute Gasteiger partial charge is 0.480 e. The Morgan fingerprint density at radius 1 is 1.02 bits per heavy atom. The molecule has 1 amide bonds. The first-order valence-electron chi connectivity index (χ1n) is 16.2. The van der Waals surface area contributed by atoms with E-state index in [9.17, 15) is 23.1 Å². The van der Waals surface area contributed by atoms with Gasteiger partial charge in [-0.15, -0.1) is 0 Å². The number of rotatable bonds is 13. The molecule has 2 N–H and O–H groups in total. The molecule has 0 heterocycles. The molecule has 1 fully saturated rings. The van der Waals surface area contributed by atoms with Crippen LogP contribution in [-0.4, -0.2) is 68.2 Å². The Morgan fingerprint density at radius 3 is 2.16 bits per heavy atom. The third kappa shape index (κ3) is 16.2. The average molecular weight is 664 g/mol. The summed E-state index contributed by atoms with van der Waals surface area (Å²) < 4.78 is 27.0. The van der Waals surface area contributed by atoms with Gasteiger partial charge in [0.25, 0.3) is 5.91 Å². The van der Waals surface area contributed by atoms with Gasteiger partial charge in [0.2, 0.25) is 0 Å². The molecule has 254 valence electrons. The summed E-state index contributed by atoms with van der Waals surface area (Å²) >= 11 is 2.29. The highest BCUT2D eigenvalue weighted by Gasteiger charge is 2.24. The van der Waals surface area contributed by atoms with Crippen LogP contribution in [0.2, 0.25) is 0 Å². The number of benzene rings is 2. The van der Waals surface area contributed by atoms with Gasteiger partial charge in [-0.3, -0.25) is 4.79 Å². The van der Waals surface area contributed by atoms with Gasteiger partial charge in [0.1, 0.15) is 15.9 Å². The Bertz CT molecular complexity index is 1270. The number of ether oxygens (including phenoxy) is 1. The number of hydrogen-bond acceptors (Lipinski definition) is 6. The standard InChI is InChI=1S/C21H25NO5S.C13H26S.C2H6O/c1-4-15-9-10-17(18(13-15)16-8-6-5-7-14(16)2)20(23)22-19(21(24)25)11-12-28(3,26)27;1-4-12(10-11(2)3)14-13-8-6-5-7-9-13;1-3-2/h5-10,13,19H,4,11-12H2,1-3H3,(H,22,23)(H,24,25);11-13H,4-10H2,1-3H3;1-2H3. The molecule has 0 aliphatic heterocycles. The van der Waals surface area contributed by atoms with E-state index in [0.717, 1.165) is 51.3 Å². The molecule has 2 unspecified atom stereocenters. The molecule has 0 radical (unpaired) electrons. The van der Waals surface area contributed by atoms with Gasteiger partial charge in [-0.2, -0.15) is 11.8 Å². The zero-order chi connectivity index (χ0) is 34.0. The van der Waals surface area contributed by atoms with Crippen LogP contribution in [0.25, 0.3) is 11.1 Å². The van der Waals surface area contributed by atoms with Crippen LogP contribution < -0.4 is 5.32 Å². The summed E-state index contributed by atoms with van der Waals surface area (Å²) in [6.07, 6.45) is 11.8. The monoisotopic (exact) mass is 663 g/mol. The maximum atomic E-state index is 12.9. The molecule has 2 atom stereocenters. The number of aryl methyl sites for hydroxylation is 2. The van der Waals surface area contributed by atoms with Crippen molar-refractivity contribution in [2.45, 2.75) is 109 Å². The van der Waals surface area contributed by atoms with Crippen molar-refractivity contribution in [2.75, 3.05) is 26.2 Å². The third-order valence-corrected chi connectivity index (χ3v) is 10.4. The molecule has 7 nitrogen and oxygen atoms in total. The number of carbonyl (C=O) groups is 2. The van der Waals surface area contributed by atoms with Gasteiger partial charge in [0.05, 0.1) is 5.75 Å². The second kappa shape index (κ2) is 21.4. The number of thioether (sulfide) groups is 1. The van der Waals surface area contributed by atoms with E-state index in [0.29, 0.717) is 5.56 Å². The summed E-state index contributed by atoms with van der Waals surface area (Å²) in [5.41, 5.74) is 4.03. The molecule has 3 rings (SSSR count). The second-order valence-corrected chi connectivity index (χ2v) is 16.2. The Labute approximate surface area is 277 Å². The lowest BCUT2D eigenvalue weighted by Crippen LogP contribution is -2.42. The molecule has 0 aromatic heterocycles. The van der Waals surface area contributed by atoms with Crippen molar-refractivity contribution < 1.29 is 27.9 Å². The topological polar surface area (TPSA) is 110 Å². The normalized spacial score (nSPS) is 14.8. The van der Waals surface area contributed by atoms with Crippen LogP contribution >= 0.6 is 11.8 Å². The highest BCUT2D eigenvalue weighted by atomic mass is 32.2. The van der Waals surface area contributed by atoms with E-state index in [1.165, 1.54) is 44.9 Å². The molecule has 1 aliphatic carbocycles. The lowest BCUT2D eigenvalue weighted by atomic mass is 9.93. The summed E-state index contributed by atoms with van der Waals surface area (Å²) in [7, 11) is -0.0835. The molecule has 1 saturated carbocycles. The number of amides is 1. The smallest absolute Gasteiger partial charge is 0.326 e. The SMILES string of the molecule is CCC(CC(C)C)SC1CCCCC1.CCc1ccc(C(=O)NC(CCS(C)(=O)=O)C(=O)O)c(-c2ccccc2C)c1.COC. The quantitative estimate of drug-likeness (QED) is 0.224. The fourth-order valence-electron chi connectivity index (χ4n) is 5.25. The van der Waals surface area contributed by atoms with E-state index in [1.54, 1.807) is 20.3 Å². The van der Waals surface area contributed by atoms with Crippen molar-refractivity contribution in [3.8, 4) is 11.1 Å². The molecule has 0 saturated heterocycles. The number of carboxylic acids is 1. The van der Waals surface area contributed by atoms with Crippen molar-refractivity contribution in [3.05, 3.63) is 59.2 Å². The summed E-state index contributed by atoms with van der Waals surface area (Å²) in [5.74, 6) is -1.25. The van der Waals surface area contributed by atoms with E-state index in [4.69, 9.17) is 0 Å². The van der Waals surface area contributed by atoms with Crippen LogP contribution in [0.3, 0.4) is 0 Å². The van der Waals surface area contributed by atoms with Crippen LogP contribution in [0.1, 0.15) is 101 Å². The molecule has 0 bridgehead atoms. The molecule has 9 heteroatoms. The zero-order valence-corrected chi connectivity index (χ0v) is 30.4. The summed E-state index contributed by atoms with van der Waals surface area (Å²) in [5, 5.41) is 13.8. The molecule has 2 aromatic rings. The second-order valence-electron chi connectivity index (χ2n) is 12.3. The van der Waals surface area contributed by atoms with Crippen molar-refractivity contribution in [3.63, 3.8) is 0 Å². The number of aliphatic carboxylic acids is 1. The first-order valence-corrected chi connectivity index (χ1v) is 19.2. The zero-order valence-electron chi connectivity index (χ0n) is 28.7. The minimum absolute atomic E-state index is 0.188. The number of hydrogen-bond donors (Lipinski definition) is 2. The molecular formula is C36H57NO6S2. The predicted molar refractivity (Wildman–Crippen MR) is 190 cm³/mol. The fraction of sp³-hybridized carbons (Fsp3) is 0.611. The maximum Gasteiger partial charge on any atom is 0.326 e. The van der Waals surface area contributed by atoms with Gasteiger partial charge in [-0.1, -0.05) is 83.4 Å². The van der Waals surface area contributed by atoms with Gasteiger partial charge in [0, 0.05) is 36.5 Å². The highest BCUT2D eigenvalue weighted by Crippen LogP contribution is 2.34. The van der Waals surface area contributed by atoms with Crippen molar-refractivity contribution in [1.82, 2.24) is 5.32 Å². The average Bonchev–Trinajstić information content (AvgIpc) is 2.99. The minimum Gasteiger partial charge on any atom is -0.480 e. The van der Waals surface area contributed by atoms with E-state index < -0.39 is 27.8 Å². The van der Waals surface area contributed by atoms with Gasteiger partial charge >= 0.3 is 5.97 Å². The third-order valence-electron chi connectivity index (χ3n) is 7.68. The fourth-order valence-corrected chi connectivity index (χ4v) is 7.75. The molecule has 0 spiro atoms. The van der Waals surface area contributed by atoms with Crippen LogP contribution in [-0.2, 0) is 25.8 Å². The van der Waals surface area contributed by atoms with Gasteiger partial charge in [-0.25, -0.2) is 13.2 Å². The number of carbonyl (C=O) groups excluding carboxylic acids is 1. The lowest BCUT2D eigenvalue weighted by molar-refractivity contribution is -0.139. The molecule has 1 aliphatic rings. The molecule has 2 aromatic carbocycles. The number of sulfone groups is 1. The first-order chi connectivity index (χ1) is 21.3. The summed E-state index contributed by atoms with van der Waals surface area (Å²) in [4.78, 5) is 24.3. The van der Waals surface area contributed by atoms with Crippen LogP contribution in [0.4, 0.5) is 0 Å². The summed E-state index contributed by atoms with van der Waals surface area (Å²) in [6, 6.07) is 11.8. The van der Waals surface area contributed by atoms with E-state index in [1.807, 2.05) is 50.2 Å². The van der Waals surface area contributed by atoms with Gasteiger partial charge in [0.15, 0.2) is 0 Å². The van der Waals surface area contributed by atoms with Crippen LogP contribution in [0, 0.1) is 12.8 Å². The predicted octanol–water partition coefficient (Wildman–Crippen LogP) is 7.98. The Hall–Kier alpha value is -2.36. The first kappa shape index (κ1) is 40.7. The minimum atomic E-state index is -3.33. The Balaban J connectivity index is 0.000000496. The Morgan fingerprint density at radius 2 is 1.64 bits per heavy atom. The Kier molecular flexibility index (Phi) is 19.4. The van der Waals surface area contributed by atoms with Crippen molar-refractivity contribution >= 4 is 33.5 Å². The number of nitrogens with one attached hydrogen (secondary N) is 1. The van der Waals surface area contributed by atoms with E-state index in [-0.39, 0.29) is 12.2 Å². The number of methoxy groups -OCH3 is 1. The lowest BCUT2D eigenvalue weighted by Gasteiger charge is -2.26. The molecule has 45 heavy (non-hydrogen) atoms. The van der Waals surface area contributed by atoms with Crippen molar-refractivity contribution in [1.29, 1.82) is 0 Å². The van der Waals surface area contributed by atoms with E-state index >= 15 is 0 Å². The summed E-state index contributed by atoms with van der Waals surface area (Å²) in [6.45, 7) is 11.0. The van der Waals surface area contributed by atoms with Gasteiger partial charge in [-0.05, 0) is 79.7 Å². The van der Waals surface area contributed by atoms with E-state index in [2.05, 4.69) is 42.6 Å². The maximum absolute atomic E-state index is 12.9.